The number of sulfonamides is 1. The van der Waals surface area contributed by atoms with Gasteiger partial charge in [-0.1, -0.05) is 12.1 Å². The Bertz CT molecular complexity index is 890. The summed E-state index contributed by atoms with van der Waals surface area (Å²) in [5, 5.41) is 0. The quantitative estimate of drug-likeness (QED) is 0.731. The summed E-state index contributed by atoms with van der Waals surface area (Å²) in [4.78, 5) is 13.5. The average molecular weight is 392 g/mol. The van der Waals surface area contributed by atoms with Crippen LogP contribution in [0, 0.1) is 5.82 Å². The van der Waals surface area contributed by atoms with Crippen LogP contribution in [0.25, 0.3) is 0 Å². The van der Waals surface area contributed by atoms with Crippen LogP contribution in [0.1, 0.15) is 15.9 Å². The number of anilines is 1. The maximum Gasteiger partial charge on any atom is 0.337 e. The van der Waals surface area contributed by atoms with E-state index in [0.717, 1.165) is 5.69 Å². The van der Waals surface area contributed by atoms with Crippen molar-refractivity contribution >= 4 is 21.7 Å². The van der Waals surface area contributed by atoms with Gasteiger partial charge in [0.25, 0.3) is 0 Å². The summed E-state index contributed by atoms with van der Waals surface area (Å²) in [6.45, 7) is 1.85. The van der Waals surface area contributed by atoms with Crippen LogP contribution in [0.15, 0.2) is 48.5 Å². The van der Waals surface area contributed by atoms with Crippen LogP contribution < -0.4 is 4.90 Å². The lowest BCUT2D eigenvalue weighted by molar-refractivity contribution is 0.0600. The van der Waals surface area contributed by atoms with Crippen LogP contribution in [0.4, 0.5) is 10.1 Å². The van der Waals surface area contributed by atoms with Crippen LogP contribution in [-0.2, 0) is 20.5 Å². The monoisotopic (exact) mass is 392 g/mol. The lowest BCUT2D eigenvalue weighted by Gasteiger charge is -2.35. The predicted octanol–water partition coefficient (Wildman–Crippen LogP) is 2.26. The molecule has 1 heterocycles. The molecular formula is C19H21FN2O4S. The fourth-order valence-corrected chi connectivity index (χ4v) is 4.55. The zero-order chi connectivity index (χ0) is 19.4. The number of hydrogen-bond donors (Lipinski definition) is 0. The van der Waals surface area contributed by atoms with Gasteiger partial charge in [-0.25, -0.2) is 17.6 Å². The van der Waals surface area contributed by atoms with Crippen LogP contribution >= 0.6 is 0 Å². The van der Waals surface area contributed by atoms with Gasteiger partial charge in [0.1, 0.15) is 5.82 Å². The van der Waals surface area contributed by atoms with Crippen LogP contribution in [0.5, 0.6) is 0 Å². The molecule has 2 aromatic carbocycles. The maximum absolute atomic E-state index is 13.0. The van der Waals surface area contributed by atoms with Crippen molar-refractivity contribution < 1.29 is 22.3 Å². The molecule has 2 aromatic rings. The van der Waals surface area contributed by atoms with Gasteiger partial charge < -0.3 is 9.64 Å². The molecule has 0 bridgehead atoms. The molecule has 1 aliphatic heterocycles. The molecule has 1 aliphatic rings. The summed E-state index contributed by atoms with van der Waals surface area (Å²) >= 11 is 0. The maximum atomic E-state index is 13.0. The molecule has 0 N–H and O–H groups in total. The molecule has 3 rings (SSSR count). The third kappa shape index (κ3) is 4.64. The fourth-order valence-electron chi connectivity index (χ4n) is 3.03. The summed E-state index contributed by atoms with van der Waals surface area (Å²) in [6, 6.07) is 12.6. The van der Waals surface area contributed by atoms with Crippen molar-refractivity contribution in [2.75, 3.05) is 38.2 Å². The highest BCUT2D eigenvalue weighted by atomic mass is 32.2. The lowest BCUT2D eigenvalue weighted by atomic mass is 10.1. The van der Waals surface area contributed by atoms with Crippen molar-refractivity contribution in [1.29, 1.82) is 0 Å². The Kier molecular flexibility index (Phi) is 5.76. The second-order valence-electron chi connectivity index (χ2n) is 6.31. The zero-order valence-electron chi connectivity index (χ0n) is 15.0. The summed E-state index contributed by atoms with van der Waals surface area (Å²) in [5.74, 6) is -0.870. The van der Waals surface area contributed by atoms with Crippen molar-refractivity contribution in [3.05, 3.63) is 65.5 Å². The SMILES string of the molecule is COC(=O)c1ccc(CS(=O)(=O)N2CCN(c3ccc(F)cc3)CC2)cc1. The number of piperazine rings is 1. The van der Waals surface area contributed by atoms with Gasteiger partial charge in [0.05, 0.1) is 18.4 Å². The fraction of sp³-hybridized carbons (Fsp3) is 0.316. The molecule has 1 fully saturated rings. The number of esters is 1. The Balaban J connectivity index is 1.61. The number of ether oxygens (including phenoxy) is 1. The van der Waals surface area contributed by atoms with E-state index in [-0.39, 0.29) is 11.6 Å². The number of benzene rings is 2. The highest BCUT2D eigenvalue weighted by Gasteiger charge is 2.27. The number of halogens is 1. The number of nitrogens with zero attached hydrogens (tertiary/aromatic N) is 2. The second-order valence-corrected chi connectivity index (χ2v) is 8.28. The zero-order valence-corrected chi connectivity index (χ0v) is 15.8. The molecule has 144 valence electrons. The molecule has 6 nitrogen and oxygen atoms in total. The highest BCUT2D eigenvalue weighted by molar-refractivity contribution is 7.88. The van der Waals surface area contributed by atoms with Crippen molar-refractivity contribution in [3.63, 3.8) is 0 Å². The highest BCUT2D eigenvalue weighted by Crippen LogP contribution is 2.20. The van der Waals surface area contributed by atoms with Gasteiger partial charge in [-0.2, -0.15) is 4.31 Å². The summed E-state index contributed by atoms with van der Waals surface area (Å²) in [6.07, 6.45) is 0. The molecule has 27 heavy (non-hydrogen) atoms. The first-order chi connectivity index (χ1) is 12.9. The van der Waals surface area contributed by atoms with Gasteiger partial charge in [-0.05, 0) is 42.0 Å². The topological polar surface area (TPSA) is 66.9 Å². The molecule has 0 saturated carbocycles. The van der Waals surface area contributed by atoms with Crippen molar-refractivity contribution in [2.45, 2.75) is 5.75 Å². The third-order valence-electron chi connectivity index (χ3n) is 4.55. The van der Waals surface area contributed by atoms with Crippen LogP contribution in [0.2, 0.25) is 0 Å². The van der Waals surface area contributed by atoms with Crippen LogP contribution in [0.3, 0.4) is 0 Å². The first-order valence-electron chi connectivity index (χ1n) is 8.54. The molecule has 0 aromatic heterocycles. The van der Waals surface area contributed by atoms with E-state index in [1.54, 1.807) is 36.4 Å². The standard InChI is InChI=1S/C19H21FN2O4S/c1-26-19(23)16-4-2-15(3-5-16)14-27(24,25)22-12-10-21(11-13-22)18-8-6-17(20)7-9-18/h2-9H,10-14H2,1H3. The molecule has 0 atom stereocenters. The number of rotatable bonds is 5. The van der Waals surface area contributed by atoms with Gasteiger partial charge in [0, 0.05) is 31.9 Å². The van der Waals surface area contributed by atoms with E-state index in [4.69, 9.17) is 0 Å². The van der Waals surface area contributed by atoms with E-state index in [9.17, 15) is 17.6 Å². The van der Waals surface area contributed by atoms with Crippen molar-refractivity contribution in [2.24, 2.45) is 0 Å². The van der Waals surface area contributed by atoms with Crippen molar-refractivity contribution in [3.8, 4) is 0 Å². The molecule has 8 heteroatoms. The minimum Gasteiger partial charge on any atom is -0.465 e. The van der Waals surface area contributed by atoms with E-state index >= 15 is 0 Å². The van der Waals surface area contributed by atoms with Gasteiger partial charge in [0.2, 0.25) is 10.0 Å². The lowest BCUT2D eigenvalue weighted by Crippen LogP contribution is -2.49. The van der Waals surface area contributed by atoms with Gasteiger partial charge >= 0.3 is 5.97 Å². The van der Waals surface area contributed by atoms with E-state index < -0.39 is 16.0 Å². The Morgan fingerprint density at radius 2 is 1.59 bits per heavy atom. The number of methoxy groups -OCH3 is 1. The molecule has 0 aliphatic carbocycles. The molecule has 1 saturated heterocycles. The number of carbonyl (C=O) groups is 1. The van der Waals surface area contributed by atoms with Gasteiger partial charge in [-0.3, -0.25) is 0 Å². The number of carbonyl (C=O) groups excluding carboxylic acids is 1. The first-order valence-corrected chi connectivity index (χ1v) is 10.2. The summed E-state index contributed by atoms with van der Waals surface area (Å²) in [5.41, 5.74) is 1.88. The van der Waals surface area contributed by atoms with E-state index in [1.807, 2.05) is 4.90 Å². The first kappa shape index (κ1) is 19.3. The number of hydrogen-bond acceptors (Lipinski definition) is 5. The summed E-state index contributed by atoms with van der Waals surface area (Å²) in [7, 11) is -2.16. The van der Waals surface area contributed by atoms with Crippen molar-refractivity contribution in [1.82, 2.24) is 4.31 Å². The Morgan fingerprint density at radius 3 is 2.15 bits per heavy atom. The summed E-state index contributed by atoms with van der Waals surface area (Å²) < 4.78 is 44.5. The second kappa shape index (κ2) is 8.06. The Labute approximate surface area is 158 Å². The Hall–Kier alpha value is -2.45. The van der Waals surface area contributed by atoms with Gasteiger partial charge in [0.15, 0.2) is 0 Å². The average Bonchev–Trinajstić information content (AvgIpc) is 2.68. The molecular weight excluding hydrogens is 371 g/mol. The predicted molar refractivity (Wildman–Crippen MR) is 101 cm³/mol. The minimum atomic E-state index is -3.46. The Morgan fingerprint density at radius 1 is 1.00 bits per heavy atom. The smallest absolute Gasteiger partial charge is 0.337 e. The van der Waals surface area contributed by atoms with E-state index in [0.29, 0.717) is 37.3 Å². The molecule has 0 spiro atoms. The van der Waals surface area contributed by atoms with Gasteiger partial charge in [-0.15, -0.1) is 0 Å². The largest absolute Gasteiger partial charge is 0.465 e. The molecule has 0 amide bonds. The normalized spacial score (nSPS) is 15.6. The third-order valence-corrected chi connectivity index (χ3v) is 6.40. The van der Waals surface area contributed by atoms with E-state index in [2.05, 4.69) is 4.74 Å². The van der Waals surface area contributed by atoms with E-state index in [1.165, 1.54) is 23.5 Å². The minimum absolute atomic E-state index is 0.120. The molecule has 0 radical (unpaired) electrons. The molecule has 0 unspecified atom stereocenters. The van der Waals surface area contributed by atoms with Crippen LogP contribution in [-0.4, -0.2) is 52.0 Å².